The van der Waals surface area contributed by atoms with Crippen LogP contribution in [0, 0.1) is 11.8 Å². The van der Waals surface area contributed by atoms with Gasteiger partial charge in [0.15, 0.2) is 0 Å². The van der Waals surface area contributed by atoms with Crippen molar-refractivity contribution < 1.29 is 4.74 Å². The largest absolute Gasteiger partial charge is 0.374 e. The van der Waals surface area contributed by atoms with Crippen molar-refractivity contribution in [1.29, 1.82) is 0 Å². The molecule has 2 heterocycles. The van der Waals surface area contributed by atoms with Gasteiger partial charge < -0.3 is 10.1 Å². The Morgan fingerprint density at radius 2 is 2.10 bits per heavy atom. The van der Waals surface area contributed by atoms with Gasteiger partial charge in [0.2, 0.25) is 0 Å². The van der Waals surface area contributed by atoms with Crippen LogP contribution in [0.5, 0.6) is 0 Å². The average molecular weight is 300 g/mol. The molecule has 3 heteroatoms. The third-order valence-corrected chi connectivity index (χ3v) is 6.52. The maximum Gasteiger partial charge on any atom is 0.0783 e. The Labute approximate surface area is 129 Å². The van der Waals surface area contributed by atoms with Crippen LogP contribution in [0.15, 0.2) is 0 Å². The first-order chi connectivity index (χ1) is 9.74. The summed E-state index contributed by atoms with van der Waals surface area (Å²) in [6, 6.07) is 0.705. The highest BCUT2D eigenvalue weighted by Gasteiger charge is 2.43. The zero-order valence-electron chi connectivity index (χ0n) is 13.6. The number of nitrogens with one attached hydrogen (secondary N) is 1. The van der Waals surface area contributed by atoms with Crippen LogP contribution in [0.2, 0.25) is 0 Å². The van der Waals surface area contributed by atoms with E-state index in [1.165, 1.54) is 56.6 Å². The summed E-state index contributed by atoms with van der Waals surface area (Å²) in [4.78, 5) is 0. The van der Waals surface area contributed by atoms with E-state index in [1.54, 1.807) is 0 Å². The molecular formula is C17H33NOS. The number of ether oxygens (including phenoxy) is 1. The van der Waals surface area contributed by atoms with Crippen molar-refractivity contribution in [3.63, 3.8) is 0 Å². The first-order valence-corrected chi connectivity index (χ1v) is 9.85. The lowest BCUT2D eigenvalue weighted by Gasteiger charge is -2.43. The molecule has 0 bridgehead atoms. The second kappa shape index (κ2) is 8.05. The minimum absolute atomic E-state index is 0.228. The van der Waals surface area contributed by atoms with E-state index < -0.39 is 0 Å². The molecule has 0 aromatic heterocycles. The van der Waals surface area contributed by atoms with Gasteiger partial charge in [0.1, 0.15) is 0 Å². The average Bonchev–Trinajstić information content (AvgIpc) is 2.91. The third-order valence-electron chi connectivity index (χ3n) is 5.29. The molecule has 3 unspecified atom stereocenters. The predicted molar refractivity (Wildman–Crippen MR) is 89.5 cm³/mol. The van der Waals surface area contributed by atoms with Crippen LogP contribution in [0.4, 0.5) is 0 Å². The lowest BCUT2D eigenvalue weighted by Crippen LogP contribution is -2.50. The number of thioether (sulfide) groups is 1. The van der Waals surface area contributed by atoms with E-state index in [0.717, 1.165) is 18.4 Å². The van der Waals surface area contributed by atoms with E-state index >= 15 is 0 Å². The summed E-state index contributed by atoms with van der Waals surface area (Å²) in [5.41, 5.74) is 0.228. The van der Waals surface area contributed by atoms with Crippen LogP contribution in [0.1, 0.15) is 59.3 Å². The molecule has 2 saturated heterocycles. The highest BCUT2D eigenvalue weighted by Crippen LogP contribution is 2.42. The summed E-state index contributed by atoms with van der Waals surface area (Å²) < 4.78 is 6.21. The van der Waals surface area contributed by atoms with Crippen LogP contribution >= 0.6 is 11.8 Å². The third kappa shape index (κ3) is 3.92. The van der Waals surface area contributed by atoms with Crippen molar-refractivity contribution in [1.82, 2.24) is 5.32 Å². The van der Waals surface area contributed by atoms with Crippen LogP contribution in [-0.2, 0) is 4.74 Å². The maximum absolute atomic E-state index is 6.21. The Morgan fingerprint density at radius 3 is 2.70 bits per heavy atom. The Balaban J connectivity index is 2.02. The zero-order valence-corrected chi connectivity index (χ0v) is 14.4. The predicted octanol–water partition coefficient (Wildman–Crippen LogP) is 4.09. The van der Waals surface area contributed by atoms with Crippen LogP contribution in [-0.4, -0.2) is 36.3 Å². The Bertz CT molecular complexity index is 274. The molecule has 0 aromatic rings. The fourth-order valence-electron chi connectivity index (χ4n) is 4.06. The monoisotopic (exact) mass is 299 g/mol. The van der Waals surface area contributed by atoms with E-state index in [-0.39, 0.29) is 5.60 Å². The molecule has 2 aliphatic rings. The van der Waals surface area contributed by atoms with Gasteiger partial charge in [-0.25, -0.2) is 0 Å². The van der Waals surface area contributed by atoms with E-state index in [4.69, 9.17) is 4.74 Å². The molecule has 2 fully saturated rings. The topological polar surface area (TPSA) is 21.3 Å². The number of rotatable bonds is 7. The summed E-state index contributed by atoms with van der Waals surface area (Å²) in [5, 5.41) is 3.89. The molecule has 118 valence electrons. The molecule has 1 N–H and O–H groups in total. The van der Waals surface area contributed by atoms with Crippen molar-refractivity contribution in [3.05, 3.63) is 0 Å². The van der Waals surface area contributed by atoms with Gasteiger partial charge in [-0.3, -0.25) is 0 Å². The van der Waals surface area contributed by atoms with Gasteiger partial charge in [-0.15, -0.1) is 0 Å². The summed E-state index contributed by atoms with van der Waals surface area (Å²) in [7, 11) is 0. The first-order valence-electron chi connectivity index (χ1n) is 8.69. The molecule has 1 spiro atoms. The van der Waals surface area contributed by atoms with Crippen molar-refractivity contribution >= 4 is 11.8 Å². The highest BCUT2D eigenvalue weighted by molar-refractivity contribution is 7.99. The van der Waals surface area contributed by atoms with E-state index in [1.807, 2.05) is 0 Å². The van der Waals surface area contributed by atoms with Crippen molar-refractivity contribution in [3.8, 4) is 0 Å². The minimum Gasteiger partial charge on any atom is -0.374 e. The Morgan fingerprint density at radius 1 is 1.30 bits per heavy atom. The van der Waals surface area contributed by atoms with Gasteiger partial charge >= 0.3 is 0 Å². The summed E-state index contributed by atoms with van der Waals surface area (Å²) in [6.07, 6.45) is 7.66. The fraction of sp³-hybridized carbons (Fsp3) is 1.00. The van der Waals surface area contributed by atoms with E-state index in [9.17, 15) is 0 Å². The molecule has 0 saturated carbocycles. The van der Waals surface area contributed by atoms with Crippen LogP contribution in [0.25, 0.3) is 0 Å². The van der Waals surface area contributed by atoms with E-state index in [2.05, 4.69) is 37.8 Å². The molecule has 0 aliphatic carbocycles. The molecule has 2 aliphatic heterocycles. The summed E-state index contributed by atoms with van der Waals surface area (Å²) in [6.45, 7) is 9.14. The van der Waals surface area contributed by atoms with Gasteiger partial charge in [-0.1, -0.05) is 33.6 Å². The molecule has 3 atom stereocenters. The van der Waals surface area contributed by atoms with Gasteiger partial charge in [0.25, 0.3) is 0 Å². The molecule has 20 heavy (non-hydrogen) atoms. The lowest BCUT2D eigenvalue weighted by atomic mass is 9.75. The van der Waals surface area contributed by atoms with Gasteiger partial charge in [-0.05, 0) is 49.8 Å². The highest BCUT2D eigenvalue weighted by atomic mass is 32.2. The van der Waals surface area contributed by atoms with E-state index in [0.29, 0.717) is 6.04 Å². The van der Waals surface area contributed by atoms with Crippen molar-refractivity contribution in [2.45, 2.75) is 70.9 Å². The van der Waals surface area contributed by atoms with Crippen molar-refractivity contribution in [2.24, 2.45) is 11.8 Å². The maximum atomic E-state index is 6.21. The van der Waals surface area contributed by atoms with Gasteiger partial charge in [0, 0.05) is 18.4 Å². The first kappa shape index (κ1) is 16.6. The fourth-order valence-corrected chi connectivity index (χ4v) is 5.44. The normalized spacial score (nSPS) is 32.1. The molecule has 2 rings (SSSR count). The molecular weight excluding hydrogens is 266 g/mol. The summed E-state index contributed by atoms with van der Waals surface area (Å²) >= 11 is 2.09. The smallest absolute Gasteiger partial charge is 0.0783 e. The number of hydrogen-bond donors (Lipinski definition) is 1. The second-order valence-corrected chi connectivity index (χ2v) is 7.75. The molecule has 0 radical (unpaired) electrons. The van der Waals surface area contributed by atoms with Gasteiger partial charge in [0.05, 0.1) is 5.60 Å². The minimum atomic E-state index is 0.228. The SMILES string of the molecule is CCCNC(C(CC)CC)C1CCOC2(CCSC2)C1. The Hall–Kier alpha value is 0.270. The van der Waals surface area contributed by atoms with Crippen LogP contribution in [0.3, 0.4) is 0 Å². The quantitative estimate of drug-likeness (QED) is 0.765. The molecule has 0 aromatic carbocycles. The molecule has 2 nitrogen and oxygen atoms in total. The van der Waals surface area contributed by atoms with Crippen LogP contribution < -0.4 is 5.32 Å². The zero-order chi connectivity index (χ0) is 14.4. The number of hydrogen-bond acceptors (Lipinski definition) is 3. The summed E-state index contributed by atoms with van der Waals surface area (Å²) in [5.74, 6) is 4.17. The van der Waals surface area contributed by atoms with Gasteiger partial charge in [-0.2, -0.15) is 11.8 Å². The second-order valence-electron chi connectivity index (χ2n) is 6.64. The standard InChI is InChI=1S/C17H33NOS/c1-4-9-18-16(14(5-2)6-3)15-7-10-19-17(12-15)8-11-20-13-17/h14-16,18H,4-13H2,1-3H3. The van der Waals surface area contributed by atoms with Crippen molar-refractivity contribution in [2.75, 3.05) is 24.7 Å². The lowest BCUT2D eigenvalue weighted by molar-refractivity contribution is -0.0886. The molecule has 0 amide bonds. The Kier molecular flexibility index (Phi) is 6.70.